The van der Waals surface area contributed by atoms with Gasteiger partial charge in [0.05, 0.1) is 30.6 Å². The van der Waals surface area contributed by atoms with Gasteiger partial charge in [0.2, 0.25) is 11.9 Å². The second kappa shape index (κ2) is 11.7. The predicted octanol–water partition coefficient (Wildman–Crippen LogP) is 4.45. The minimum absolute atomic E-state index is 0.0173. The minimum Gasteiger partial charge on any atom is -0.496 e. The number of carbonyl (C=O) groups excluding carboxylic acids is 2. The molecule has 2 amide bonds. The first-order valence-corrected chi connectivity index (χ1v) is 13.7. The average Bonchev–Trinajstić information content (AvgIpc) is 3.56. The zero-order valence-corrected chi connectivity index (χ0v) is 22.6. The number of hydrogen-bond acceptors (Lipinski definition) is 7. The molecule has 3 aliphatic rings. The number of fused-ring (bicyclic) bond motifs is 2. The Hall–Kier alpha value is -3.97. The molecule has 10 nitrogen and oxygen atoms in total. The van der Waals surface area contributed by atoms with E-state index in [0.717, 1.165) is 25.1 Å². The first kappa shape index (κ1) is 29.5. The number of aliphatic carboxylic acids is 1. The summed E-state index contributed by atoms with van der Waals surface area (Å²) in [7, 11) is 1.28. The summed E-state index contributed by atoms with van der Waals surface area (Å²) in [6, 6.07) is 2.33. The molecule has 3 aliphatic carbocycles. The third-order valence-corrected chi connectivity index (χ3v) is 8.51. The predicted molar refractivity (Wildman–Crippen MR) is 138 cm³/mol. The molecule has 1 aromatic carbocycles. The van der Waals surface area contributed by atoms with Crippen molar-refractivity contribution in [2.24, 2.45) is 23.7 Å². The van der Waals surface area contributed by atoms with E-state index in [-0.39, 0.29) is 28.9 Å². The van der Waals surface area contributed by atoms with Gasteiger partial charge in [0.15, 0.2) is 11.6 Å². The van der Waals surface area contributed by atoms with Gasteiger partial charge in [-0.05, 0) is 68.9 Å². The van der Waals surface area contributed by atoms with Crippen LogP contribution in [0, 0.1) is 29.5 Å². The maximum Gasteiger partial charge on any atom is 0.433 e. The number of hydrogen-bond donors (Lipinski definition) is 3. The summed E-state index contributed by atoms with van der Waals surface area (Å²) in [5, 5.41) is 14.5. The van der Waals surface area contributed by atoms with Crippen molar-refractivity contribution < 1.29 is 46.5 Å². The molecule has 2 aromatic rings. The Balaban J connectivity index is 1.31. The van der Waals surface area contributed by atoms with Crippen LogP contribution in [0.1, 0.15) is 61.0 Å². The van der Waals surface area contributed by atoms with E-state index in [1.165, 1.54) is 13.2 Å². The highest BCUT2D eigenvalue weighted by molar-refractivity contribution is 5.99. The Kier molecular flexibility index (Phi) is 8.24. The van der Waals surface area contributed by atoms with Gasteiger partial charge >= 0.3 is 12.1 Å². The van der Waals surface area contributed by atoms with Gasteiger partial charge in [-0.25, -0.2) is 14.4 Å². The largest absolute Gasteiger partial charge is 0.496 e. The summed E-state index contributed by atoms with van der Waals surface area (Å²) >= 11 is 0. The molecule has 5 rings (SSSR count). The summed E-state index contributed by atoms with van der Waals surface area (Å²) < 4.78 is 65.2. The first-order valence-electron chi connectivity index (χ1n) is 13.7. The van der Waals surface area contributed by atoms with Crippen LogP contribution < -0.4 is 20.1 Å². The lowest BCUT2D eigenvalue weighted by molar-refractivity contribution is -0.143. The van der Waals surface area contributed by atoms with Gasteiger partial charge in [0.25, 0.3) is 5.91 Å². The Morgan fingerprint density at radius 1 is 1.02 bits per heavy atom. The molecule has 3 fully saturated rings. The molecule has 1 heterocycles. The van der Waals surface area contributed by atoms with E-state index >= 15 is 0 Å². The second-order valence-electron chi connectivity index (χ2n) is 11.0. The average molecular weight is 595 g/mol. The number of rotatable bonds is 8. The number of ether oxygens (including phenoxy) is 2. The number of halogens is 4. The maximum absolute atomic E-state index is 14.9. The van der Waals surface area contributed by atoms with E-state index in [9.17, 15) is 37.1 Å². The first-order chi connectivity index (χ1) is 19.9. The number of nitrogens with zero attached hydrogens (tertiary/aromatic N) is 2. The number of methoxy groups -OCH3 is 1. The van der Waals surface area contributed by atoms with Crippen LogP contribution in [0.4, 0.5) is 23.5 Å². The summed E-state index contributed by atoms with van der Waals surface area (Å²) in [5.41, 5.74) is -1.21. The van der Waals surface area contributed by atoms with E-state index in [0.29, 0.717) is 38.2 Å². The third-order valence-electron chi connectivity index (χ3n) is 8.51. The lowest BCUT2D eigenvalue weighted by Gasteiger charge is -2.31. The molecular weight excluding hydrogens is 564 g/mol. The Morgan fingerprint density at radius 3 is 2.40 bits per heavy atom. The SMILES string of the molecule is COc1cc(F)c(OC2CCC(C(=O)O)CC2)cc1C(=O)N[C@@H]1[C@H]2CC[C@H](C2)[C@@H]1C(=O)Nc1nccc(C(F)(F)F)n1. The van der Waals surface area contributed by atoms with Crippen molar-refractivity contribution in [3.8, 4) is 11.5 Å². The highest BCUT2D eigenvalue weighted by atomic mass is 19.4. The third kappa shape index (κ3) is 6.12. The van der Waals surface area contributed by atoms with E-state index in [1.807, 2.05) is 0 Å². The van der Waals surface area contributed by atoms with Crippen molar-refractivity contribution >= 4 is 23.7 Å². The summed E-state index contributed by atoms with van der Waals surface area (Å²) in [6.07, 6.45) is -0.466. The molecular formula is C28H30F4N4O6. The molecule has 3 N–H and O–H groups in total. The summed E-state index contributed by atoms with van der Waals surface area (Å²) in [6.45, 7) is 0. The highest BCUT2D eigenvalue weighted by Crippen LogP contribution is 2.49. The number of alkyl halides is 3. The smallest absolute Gasteiger partial charge is 0.433 e. The van der Waals surface area contributed by atoms with Crippen LogP contribution in [0.3, 0.4) is 0 Å². The van der Waals surface area contributed by atoms with Crippen LogP contribution in [0.15, 0.2) is 24.4 Å². The molecule has 226 valence electrons. The van der Waals surface area contributed by atoms with Crippen molar-refractivity contribution in [1.82, 2.24) is 15.3 Å². The standard InChI is InChI=1S/C28H30F4N4O6/c1-41-19-12-18(29)20(42-16-6-4-13(5-7-16)26(39)40)11-17(19)24(37)35-23-15-3-2-14(10-15)22(23)25(38)36-27-33-9-8-21(34-27)28(30,31)32/h8-9,11-16,22-23H,2-7,10H2,1H3,(H,35,37)(H,39,40)(H,33,34,36,38)/t13?,14-,15+,16?,22+,23-/m1/s1. The molecule has 4 atom stereocenters. The van der Waals surface area contributed by atoms with Crippen molar-refractivity contribution in [3.05, 3.63) is 41.5 Å². The number of carboxylic acids is 1. The number of carboxylic acid groups (broad SMARTS) is 1. The van der Waals surface area contributed by atoms with E-state index < -0.39 is 65.4 Å². The van der Waals surface area contributed by atoms with E-state index in [1.54, 1.807) is 0 Å². The number of benzene rings is 1. The van der Waals surface area contributed by atoms with Gasteiger partial charge in [-0.1, -0.05) is 0 Å². The van der Waals surface area contributed by atoms with Gasteiger partial charge < -0.3 is 19.9 Å². The quantitative estimate of drug-likeness (QED) is 0.381. The molecule has 14 heteroatoms. The van der Waals surface area contributed by atoms with Gasteiger partial charge in [-0.3, -0.25) is 19.7 Å². The number of carbonyl (C=O) groups is 3. The van der Waals surface area contributed by atoms with Gasteiger partial charge in [-0.2, -0.15) is 13.2 Å². The second-order valence-corrected chi connectivity index (χ2v) is 11.0. The summed E-state index contributed by atoms with van der Waals surface area (Å²) in [5.74, 6) is -4.91. The number of aromatic nitrogens is 2. The topological polar surface area (TPSA) is 140 Å². The zero-order chi connectivity index (χ0) is 30.2. The van der Waals surface area contributed by atoms with Crippen molar-refractivity contribution in [2.45, 2.75) is 63.3 Å². The Morgan fingerprint density at radius 2 is 1.74 bits per heavy atom. The van der Waals surface area contributed by atoms with Gasteiger partial charge in [-0.15, -0.1) is 0 Å². The van der Waals surface area contributed by atoms with E-state index in [2.05, 4.69) is 20.6 Å². The summed E-state index contributed by atoms with van der Waals surface area (Å²) in [4.78, 5) is 45.1. The van der Waals surface area contributed by atoms with Crippen LogP contribution in [-0.4, -0.2) is 52.1 Å². The Bertz CT molecular complexity index is 1360. The normalized spacial score (nSPS) is 26.9. The van der Waals surface area contributed by atoms with Crippen LogP contribution in [0.5, 0.6) is 11.5 Å². The van der Waals surface area contributed by atoms with Gasteiger partial charge in [0, 0.05) is 18.3 Å². The zero-order valence-electron chi connectivity index (χ0n) is 22.6. The fourth-order valence-electron chi connectivity index (χ4n) is 6.45. The minimum atomic E-state index is -4.71. The van der Waals surface area contributed by atoms with Crippen molar-refractivity contribution in [1.29, 1.82) is 0 Å². The molecule has 2 bridgehead atoms. The molecule has 0 spiro atoms. The van der Waals surface area contributed by atoms with Crippen LogP contribution in [-0.2, 0) is 15.8 Å². The Labute approximate surface area is 238 Å². The lowest BCUT2D eigenvalue weighted by atomic mass is 9.83. The number of nitrogens with one attached hydrogen (secondary N) is 2. The van der Waals surface area contributed by atoms with Crippen molar-refractivity contribution in [2.75, 3.05) is 12.4 Å². The van der Waals surface area contributed by atoms with Crippen LogP contribution >= 0.6 is 0 Å². The monoisotopic (exact) mass is 594 g/mol. The highest BCUT2D eigenvalue weighted by Gasteiger charge is 2.51. The van der Waals surface area contributed by atoms with E-state index in [4.69, 9.17) is 9.47 Å². The number of anilines is 1. The van der Waals surface area contributed by atoms with Gasteiger partial charge in [0.1, 0.15) is 11.4 Å². The van der Waals surface area contributed by atoms with Crippen LogP contribution in [0.2, 0.25) is 0 Å². The fraction of sp³-hybridized carbons (Fsp3) is 0.536. The maximum atomic E-state index is 14.9. The number of amides is 2. The van der Waals surface area contributed by atoms with Crippen LogP contribution in [0.25, 0.3) is 0 Å². The molecule has 1 aromatic heterocycles. The fourth-order valence-corrected chi connectivity index (χ4v) is 6.45. The molecule has 3 saturated carbocycles. The molecule has 0 saturated heterocycles. The van der Waals surface area contributed by atoms with Crippen molar-refractivity contribution in [3.63, 3.8) is 0 Å². The molecule has 0 unspecified atom stereocenters. The lowest BCUT2D eigenvalue weighted by Crippen LogP contribution is -2.48. The molecule has 0 radical (unpaired) electrons. The molecule has 42 heavy (non-hydrogen) atoms. The molecule has 0 aliphatic heterocycles.